The van der Waals surface area contributed by atoms with Gasteiger partial charge in [0.05, 0.1) is 10.7 Å². The lowest BCUT2D eigenvalue weighted by atomic mass is 10.1. The molecule has 3 aromatic rings. The molecule has 0 radical (unpaired) electrons. The van der Waals surface area contributed by atoms with Crippen LogP contribution in [0.15, 0.2) is 60.8 Å². The zero-order valence-electron chi connectivity index (χ0n) is 13.4. The minimum Gasteiger partial charge on any atom is -0.326 e. The van der Waals surface area contributed by atoms with E-state index in [2.05, 4.69) is 22.5 Å². The van der Waals surface area contributed by atoms with Crippen molar-refractivity contribution in [1.82, 2.24) is 9.78 Å². The highest BCUT2D eigenvalue weighted by molar-refractivity contribution is 6.31. The molecule has 0 atom stereocenters. The molecule has 0 bridgehead atoms. The molecule has 1 N–H and O–H groups in total. The number of aryl methyl sites for hydroxylation is 2. The maximum absolute atomic E-state index is 12.0. The van der Waals surface area contributed by atoms with Crippen molar-refractivity contribution < 1.29 is 4.79 Å². The van der Waals surface area contributed by atoms with Gasteiger partial charge in [-0.1, -0.05) is 54.1 Å². The van der Waals surface area contributed by atoms with Crippen LogP contribution >= 0.6 is 11.6 Å². The van der Waals surface area contributed by atoms with Crippen LogP contribution in [0.4, 0.5) is 5.69 Å². The van der Waals surface area contributed by atoms with Crippen LogP contribution in [0.25, 0.3) is 11.1 Å². The van der Waals surface area contributed by atoms with Crippen molar-refractivity contribution in [3.05, 3.63) is 71.5 Å². The van der Waals surface area contributed by atoms with E-state index in [0.29, 0.717) is 18.0 Å². The van der Waals surface area contributed by atoms with E-state index in [0.717, 1.165) is 22.5 Å². The lowest BCUT2D eigenvalue weighted by molar-refractivity contribution is -0.116. The maximum atomic E-state index is 12.0. The average molecular weight is 340 g/mol. The van der Waals surface area contributed by atoms with E-state index in [1.807, 2.05) is 49.4 Å². The van der Waals surface area contributed by atoms with E-state index >= 15 is 0 Å². The number of hydrogen-bond donors (Lipinski definition) is 1. The fraction of sp³-hybridized carbons (Fsp3) is 0.158. The van der Waals surface area contributed by atoms with Crippen molar-refractivity contribution >= 4 is 23.2 Å². The molecule has 122 valence electrons. The number of anilines is 1. The van der Waals surface area contributed by atoms with Crippen molar-refractivity contribution in [3.8, 4) is 11.1 Å². The molecule has 0 fully saturated rings. The normalized spacial score (nSPS) is 10.6. The van der Waals surface area contributed by atoms with E-state index in [1.54, 1.807) is 10.9 Å². The molecular weight excluding hydrogens is 322 g/mol. The number of hydrogen-bond acceptors (Lipinski definition) is 2. The Hall–Kier alpha value is -2.59. The molecule has 5 heteroatoms. The third kappa shape index (κ3) is 4.03. The number of aromatic nitrogens is 2. The van der Waals surface area contributed by atoms with Crippen LogP contribution in [-0.4, -0.2) is 15.7 Å². The highest BCUT2D eigenvalue weighted by Crippen LogP contribution is 2.21. The van der Waals surface area contributed by atoms with Crippen LogP contribution in [0.5, 0.6) is 0 Å². The number of halogens is 1. The monoisotopic (exact) mass is 339 g/mol. The largest absolute Gasteiger partial charge is 0.326 e. The minimum absolute atomic E-state index is 0.0493. The van der Waals surface area contributed by atoms with Gasteiger partial charge in [-0.15, -0.1) is 0 Å². The summed E-state index contributed by atoms with van der Waals surface area (Å²) in [5, 5.41) is 7.76. The summed E-state index contributed by atoms with van der Waals surface area (Å²) in [6.07, 6.45) is 2.08. The van der Waals surface area contributed by atoms with E-state index in [-0.39, 0.29) is 5.91 Å². The Morgan fingerprint density at radius 3 is 2.38 bits per heavy atom. The fourth-order valence-electron chi connectivity index (χ4n) is 2.42. The first-order chi connectivity index (χ1) is 11.6. The Balaban J connectivity index is 1.56. The smallest absolute Gasteiger partial charge is 0.226 e. The number of nitrogens with one attached hydrogen (secondary N) is 1. The van der Waals surface area contributed by atoms with Gasteiger partial charge in [-0.25, -0.2) is 0 Å². The van der Waals surface area contributed by atoms with Gasteiger partial charge in [0.1, 0.15) is 0 Å². The molecule has 0 aliphatic rings. The predicted octanol–water partition coefficient (Wildman–Crippen LogP) is 4.54. The first-order valence-electron chi connectivity index (χ1n) is 7.77. The number of carbonyl (C=O) groups is 1. The summed E-state index contributed by atoms with van der Waals surface area (Å²) in [6, 6.07) is 18.0. The van der Waals surface area contributed by atoms with Gasteiger partial charge in [0.2, 0.25) is 5.91 Å². The average Bonchev–Trinajstić information content (AvgIpc) is 2.93. The molecular formula is C19H18ClN3O. The molecule has 0 spiro atoms. The van der Waals surface area contributed by atoms with E-state index in [1.165, 1.54) is 0 Å². The van der Waals surface area contributed by atoms with Crippen molar-refractivity contribution in [3.63, 3.8) is 0 Å². The number of carbonyl (C=O) groups excluding carboxylic acids is 1. The molecule has 24 heavy (non-hydrogen) atoms. The topological polar surface area (TPSA) is 46.9 Å². The predicted molar refractivity (Wildman–Crippen MR) is 97.1 cm³/mol. The first-order valence-corrected chi connectivity index (χ1v) is 8.14. The van der Waals surface area contributed by atoms with Crippen LogP contribution in [0.3, 0.4) is 0 Å². The van der Waals surface area contributed by atoms with Gasteiger partial charge in [0.15, 0.2) is 0 Å². The van der Waals surface area contributed by atoms with E-state index in [9.17, 15) is 4.79 Å². The summed E-state index contributed by atoms with van der Waals surface area (Å²) in [4.78, 5) is 12.0. The number of benzene rings is 2. The molecule has 0 unspecified atom stereocenters. The van der Waals surface area contributed by atoms with Crippen LogP contribution < -0.4 is 5.32 Å². The molecule has 2 aromatic carbocycles. The Morgan fingerprint density at radius 2 is 1.75 bits per heavy atom. The summed E-state index contributed by atoms with van der Waals surface area (Å²) in [6.45, 7) is 2.34. The Kier molecular flexibility index (Phi) is 4.96. The molecule has 1 aromatic heterocycles. The highest BCUT2D eigenvalue weighted by Gasteiger charge is 2.06. The molecule has 0 aliphatic heterocycles. The van der Waals surface area contributed by atoms with Gasteiger partial charge in [0, 0.05) is 24.8 Å². The van der Waals surface area contributed by atoms with Gasteiger partial charge in [-0.3, -0.25) is 9.48 Å². The standard InChI is InChI=1S/C19H18ClN3O/c1-14-18(20)13-23(22-14)12-11-19(24)21-17-9-7-16(8-10-17)15-5-3-2-4-6-15/h2-10,13H,11-12H2,1H3,(H,21,24). The third-order valence-corrected chi connectivity index (χ3v) is 4.10. The van der Waals surface area contributed by atoms with Gasteiger partial charge in [-0.05, 0) is 30.2 Å². The van der Waals surface area contributed by atoms with Crippen LogP contribution in [-0.2, 0) is 11.3 Å². The molecule has 0 saturated heterocycles. The minimum atomic E-state index is -0.0493. The zero-order valence-corrected chi connectivity index (χ0v) is 14.1. The Labute approximate surface area is 146 Å². The molecule has 4 nitrogen and oxygen atoms in total. The fourth-order valence-corrected chi connectivity index (χ4v) is 2.57. The number of nitrogens with zero attached hydrogens (tertiary/aromatic N) is 2. The van der Waals surface area contributed by atoms with Gasteiger partial charge in [0.25, 0.3) is 0 Å². The maximum Gasteiger partial charge on any atom is 0.226 e. The number of rotatable bonds is 5. The van der Waals surface area contributed by atoms with Gasteiger partial charge < -0.3 is 5.32 Å². The second kappa shape index (κ2) is 7.32. The second-order valence-electron chi connectivity index (χ2n) is 5.57. The quantitative estimate of drug-likeness (QED) is 0.741. The molecule has 3 rings (SSSR count). The van der Waals surface area contributed by atoms with E-state index < -0.39 is 0 Å². The summed E-state index contributed by atoms with van der Waals surface area (Å²) in [5.41, 5.74) is 3.83. The zero-order chi connectivity index (χ0) is 16.9. The van der Waals surface area contributed by atoms with Crippen molar-refractivity contribution in [1.29, 1.82) is 0 Å². The SMILES string of the molecule is Cc1nn(CCC(=O)Nc2ccc(-c3ccccc3)cc2)cc1Cl. The highest BCUT2D eigenvalue weighted by atomic mass is 35.5. The third-order valence-electron chi connectivity index (χ3n) is 3.73. The lowest BCUT2D eigenvalue weighted by Gasteiger charge is -2.07. The van der Waals surface area contributed by atoms with Crippen LogP contribution in [0, 0.1) is 6.92 Å². The molecule has 1 amide bonds. The van der Waals surface area contributed by atoms with Crippen LogP contribution in [0.1, 0.15) is 12.1 Å². The van der Waals surface area contributed by atoms with Crippen molar-refractivity contribution in [2.24, 2.45) is 0 Å². The molecule has 0 aliphatic carbocycles. The molecule has 0 saturated carbocycles. The Bertz CT molecular complexity index is 806. The van der Waals surface area contributed by atoms with Gasteiger partial charge in [-0.2, -0.15) is 5.10 Å². The summed E-state index contributed by atoms with van der Waals surface area (Å²) in [5.74, 6) is -0.0493. The molecule has 1 heterocycles. The second-order valence-corrected chi connectivity index (χ2v) is 5.97. The summed E-state index contributed by atoms with van der Waals surface area (Å²) >= 11 is 5.96. The van der Waals surface area contributed by atoms with Crippen molar-refractivity contribution in [2.45, 2.75) is 19.9 Å². The lowest BCUT2D eigenvalue weighted by Crippen LogP contribution is -2.14. The van der Waals surface area contributed by atoms with E-state index in [4.69, 9.17) is 11.6 Å². The van der Waals surface area contributed by atoms with Crippen LogP contribution in [0.2, 0.25) is 5.02 Å². The Morgan fingerprint density at radius 1 is 1.08 bits per heavy atom. The van der Waals surface area contributed by atoms with Crippen molar-refractivity contribution in [2.75, 3.05) is 5.32 Å². The van der Waals surface area contributed by atoms with Gasteiger partial charge >= 0.3 is 0 Å². The number of amides is 1. The summed E-state index contributed by atoms with van der Waals surface area (Å²) in [7, 11) is 0. The first kappa shape index (κ1) is 16.3. The summed E-state index contributed by atoms with van der Waals surface area (Å²) < 4.78 is 1.69.